The molecule has 1 aromatic heterocycles. The third kappa shape index (κ3) is 4.27. The lowest BCUT2D eigenvalue weighted by molar-refractivity contribution is -0.145. The summed E-state index contributed by atoms with van der Waals surface area (Å²) in [6, 6.07) is 2.99. The average molecular weight is 282 g/mol. The smallest absolute Gasteiger partial charge is 0.308 e. The van der Waals surface area contributed by atoms with E-state index in [9.17, 15) is 9.18 Å². The normalized spacial score (nSPS) is 13.8. The van der Waals surface area contributed by atoms with Crippen LogP contribution < -0.4 is 5.32 Å². The SMILES string of the molecule is CCCNC(CC)(CC(=O)OCC)c1ccc(F)cn1. The highest BCUT2D eigenvalue weighted by atomic mass is 19.1. The standard InChI is InChI=1S/C15H23FN2O2/c1-4-9-18-15(5-2,10-14(19)20-6-3)13-8-7-12(16)11-17-13/h7-8,11,18H,4-6,9-10H2,1-3H3. The Kier molecular flexibility index (Phi) is 6.58. The van der Waals surface area contributed by atoms with E-state index in [0.717, 1.165) is 13.0 Å². The summed E-state index contributed by atoms with van der Waals surface area (Å²) in [4.78, 5) is 16.0. The van der Waals surface area contributed by atoms with E-state index in [-0.39, 0.29) is 18.2 Å². The van der Waals surface area contributed by atoms with Crippen molar-refractivity contribution in [1.82, 2.24) is 10.3 Å². The van der Waals surface area contributed by atoms with E-state index >= 15 is 0 Å². The molecule has 1 atom stereocenters. The minimum Gasteiger partial charge on any atom is -0.466 e. The Labute approximate surface area is 119 Å². The van der Waals surface area contributed by atoms with Gasteiger partial charge in [-0.15, -0.1) is 0 Å². The number of esters is 1. The highest BCUT2D eigenvalue weighted by Crippen LogP contribution is 2.28. The van der Waals surface area contributed by atoms with Crippen molar-refractivity contribution in [3.8, 4) is 0 Å². The lowest BCUT2D eigenvalue weighted by atomic mass is 9.87. The molecule has 0 amide bonds. The number of ether oxygens (including phenoxy) is 1. The second-order valence-corrected chi connectivity index (χ2v) is 4.71. The average Bonchev–Trinajstić information content (AvgIpc) is 2.44. The highest BCUT2D eigenvalue weighted by molar-refractivity contribution is 5.71. The molecule has 0 radical (unpaired) electrons. The van der Waals surface area contributed by atoms with Gasteiger partial charge in [-0.05, 0) is 38.4 Å². The second kappa shape index (κ2) is 7.94. The zero-order chi connectivity index (χ0) is 15.0. The molecule has 0 aliphatic carbocycles. The van der Waals surface area contributed by atoms with Crippen molar-refractivity contribution in [3.63, 3.8) is 0 Å². The topological polar surface area (TPSA) is 51.2 Å². The first kappa shape index (κ1) is 16.6. The summed E-state index contributed by atoms with van der Waals surface area (Å²) < 4.78 is 18.1. The molecule has 1 aromatic rings. The molecule has 0 aromatic carbocycles. The quantitative estimate of drug-likeness (QED) is 0.745. The molecule has 0 saturated heterocycles. The van der Waals surface area contributed by atoms with Gasteiger partial charge in [0.05, 0.1) is 30.5 Å². The molecule has 0 saturated carbocycles. The van der Waals surface area contributed by atoms with Gasteiger partial charge in [0, 0.05) is 0 Å². The van der Waals surface area contributed by atoms with E-state index < -0.39 is 5.54 Å². The molecule has 0 aliphatic heterocycles. The summed E-state index contributed by atoms with van der Waals surface area (Å²) in [5, 5.41) is 3.37. The van der Waals surface area contributed by atoms with Crippen LogP contribution in [-0.4, -0.2) is 24.1 Å². The minimum absolute atomic E-state index is 0.190. The van der Waals surface area contributed by atoms with Gasteiger partial charge < -0.3 is 10.1 Å². The Balaban J connectivity index is 3.03. The lowest BCUT2D eigenvalue weighted by Gasteiger charge is -2.32. The van der Waals surface area contributed by atoms with Gasteiger partial charge in [0.25, 0.3) is 0 Å². The van der Waals surface area contributed by atoms with Gasteiger partial charge in [-0.1, -0.05) is 13.8 Å². The first-order valence-electron chi connectivity index (χ1n) is 7.10. The number of nitrogens with one attached hydrogen (secondary N) is 1. The van der Waals surface area contributed by atoms with Gasteiger partial charge in [0.2, 0.25) is 0 Å². The van der Waals surface area contributed by atoms with E-state index in [0.29, 0.717) is 18.7 Å². The zero-order valence-electron chi connectivity index (χ0n) is 12.4. The summed E-state index contributed by atoms with van der Waals surface area (Å²) >= 11 is 0. The Morgan fingerprint density at radius 3 is 2.65 bits per heavy atom. The van der Waals surface area contributed by atoms with E-state index in [1.165, 1.54) is 12.3 Å². The largest absolute Gasteiger partial charge is 0.466 e. The number of rotatable bonds is 8. The van der Waals surface area contributed by atoms with Crippen LogP contribution in [0, 0.1) is 5.82 Å². The first-order valence-corrected chi connectivity index (χ1v) is 7.10. The van der Waals surface area contributed by atoms with Crippen LogP contribution in [0.2, 0.25) is 0 Å². The van der Waals surface area contributed by atoms with Crippen molar-refractivity contribution in [1.29, 1.82) is 0 Å². The number of pyridine rings is 1. The number of hydrogen-bond donors (Lipinski definition) is 1. The molecule has 112 valence electrons. The molecule has 0 bridgehead atoms. The molecule has 5 heteroatoms. The monoisotopic (exact) mass is 282 g/mol. The third-order valence-electron chi connectivity index (χ3n) is 3.29. The maximum Gasteiger partial charge on any atom is 0.308 e. The number of aromatic nitrogens is 1. The highest BCUT2D eigenvalue weighted by Gasteiger charge is 2.34. The van der Waals surface area contributed by atoms with Crippen LogP contribution in [0.1, 0.15) is 45.7 Å². The maximum atomic E-state index is 13.0. The summed E-state index contributed by atoms with van der Waals surface area (Å²) in [6.45, 7) is 6.92. The molecule has 4 nitrogen and oxygen atoms in total. The van der Waals surface area contributed by atoms with Gasteiger partial charge in [0.1, 0.15) is 5.82 Å². The second-order valence-electron chi connectivity index (χ2n) is 4.71. The molecule has 1 heterocycles. The predicted molar refractivity (Wildman–Crippen MR) is 75.7 cm³/mol. The number of halogens is 1. The minimum atomic E-state index is -0.601. The number of nitrogens with zero attached hydrogens (tertiary/aromatic N) is 1. The molecule has 0 fully saturated rings. The van der Waals surface area contributed by atoms with E-state index in [1.54, 1.807) is 13.0 Å². The summed E-state index contributed by atoms with van der Waals surface area (Å²) in [5.74, 6) is -0.658. The Morgan fingerprint density at radius 1 is 1.40 bits per heavy atom. The number of carbonyl (C=O) groups excluding carboxylic acids is 1. The third-order valence-corrected chi connectivity index (χ3v) is 3.29. The summed E-state index contributed by atoms with van der Waals surface area (Å²) in [7, 11) is 0. The van der Waals surface area contributed by atoms with Crippen LogP contribution in [0.25, 0.3) is 0 Å². The molecule has 1 rings (SSSR count). The number of carbonyl (C=O) groups is 1. The summed E-state index contributed by atoms with van der Waals surface area (Å²) in [5.41, 5.74) is 0.0681. The van der Waals surface area contributed by atoms with Gasteiger partial charge in [0.15, 0.2) is 0 Å². The van der Waals surface area contributed by atoms with Crippen molar-refractivity contribution in [2.45, 2.75) is 45.6 Å². The van der Waals surface area contributed by atoms with E-state index in [1.807, 2.05) is 6.92 Å². The van der Waals surface area contributed by atoms with Gasteiger partial charge in [-0.3, -0.25) is 9.78 Å². The molecule has 0 spiro atoms. The van der Waals surface area contributed by atoms with Crippen LogP contribution in [-0.2, 0) is 15.1 Å². The molecule has 1 unspecified atom stereocenters. The van der Waals surface area contributed by atoms with Crippen molar-refractivity contribution < 1.29 is 13.9 Å². The maximum absolute atomic E-state index is 13.0. The van der Waals surface area contributed by atoms with Gasteiger partial charge in [-0.2, -0.15) is 0 Å². The Hall–Kier alpha value is -1.49. The predicted octanol–water partition coefficient (Wildman–Crippen LogP) is 2.78. The Morgan fingerprint density at radius 2 is 2.15 bits per heavy atom. The van der Waals surface area contributed by atoms with Crippen molar-refractivity contribution >= 4 is 5.97 Å². The van der Waals surface area contributed by atoms with E-state index in [2.05, 4.69) is 17.2 Å². The fourth-order valence-electron chi connectivity index (χ4n) is 2.16. The van der Waals surface area contributed by atoms with Crippen LogP contribution in [0.4, 0.5) is 4.39 Å². The number of hydrogen-bond acceptors (Lipinski definition) is 4. The van der Waals surface area contributed by atoms with Crippen molar-refractivity contribution in [2.75, 3.05) is 13.2 Å². The van der Waals surface area contributed by atoms with Crippen LogP contribution in [0.3, 0.4) is 0 Å². The zero-order valence-corrected chi connectivity index (χ0v) is 12.4. The molecule has 0 aliphatic rings. The molecular formula is C15H23FN2O2. The fourth-order valence-corrected chi connectivity index (χ4v) is 2.16. The van der Waals surface area contributed by atoms with Gasteiger partial charge >= 0.3 is 5.97 Å². The molecule has 20 heavy (non-hydrogen) atoms. The molecule has 1 N–H and O–H groups in total. The fraction of sp³-hybridized carbons (Fsp3) is 0.600. The van der Waals surface area contributed by atoms with Crippen LogP contribution in [0.15, 0.2) is 18.3 Å². The van der Waals surface area contributed by atoms with E-state index in [4.69, 9.17) is 4.74 Å². The van der Waals surface area contributed by atoms with Crippen molar-refractivity contribution in [3.05, 3.63) is 29.8 Å². The Bertz CT molecular complexity index is 422. The van der Waals surface area contributed by atoms with Crippen molar-refractivity contribution in [2.24, 2.45) is 0 Å². The van der Waals surface area contributed by atoms with Gasteiger partial charge in [-0.25, -0.2) is 4.39 Å². The van der Waals surface area contributed by atoms with Crippen LogP contribution in [0.5, 0.6) is 0 Å². The lowest BCUT2D eigenvalue weighted by Crippen LogP contribution is -2.45. The van der Waals surface area contributed by atoms with Crippen LogP contribution >= 0.6 is 0 Å². The molecular weight excluding hydrogens is 259 g/mol. The summed E-state index contributed by atoms with van der Waals surface area (Å²) in [6.07, 6.45) is 2.98. The first-order chi connectivity index (χ1) is 9.57.